The molecule has 0 saturated heterocycles. The highest BCUT2D eigenvalue weighted by Gasteiger charge is 2.31. The van der Waals surface area contributed by atoms with Crippen LogP contribution in [0.15, 0.2) is 53.4 Å². The number of alkyl halides is 3. The van der Waals surface area contributed by atoms with Crippen LogP contribution in [0, 0.1) is 0 Å². The summed E-state index contributed by atoms with van der Waals surface area (Å²) in [6.07, 6.45) is -4.95. The van der Waals surface area contributed by atoms with Gasteiger partial charge in [0.05, 0.1) is 4.90 Å². The van der Waals surface area contributed by atoms with E-state index in [0.29, 0.717) is 6.54 Å². The maximum atomic E-state index is 12.2. The van der Waals surface area contributed by atoms with Crippen molar-refractivity contribution >= 4 is 15.9 Å². The summed E-state index contributed by atoms with van der Waals surface area (Å²) in [5.41, 5.74) is 2.11. The number of benzene rings is 2. The van der Waals surface area contributed by atoms with Crippen molar-refractivity contribution in [3.8, 4) is 5.75 Å². The summed E-state index contributed by atoms with van der Waals surface area (Å²) in [5, 5.41) is 2.73. The molecule has 1 amide bonds. The lowest BCUT2D eigenvalue weighted by atomic mass is 10.1. The molecular weight excluding hydrogens is 459 g/mol. The summed E-state index contributed by atoms with van der Waals surface area (Å²) in [7, 11) is -3.97. The minimum Gasteiger partial charge on any atom is -0.406 e. The average molecular weight is 488 g/mol. The molecule has 0 saturated carbocycles. The normalized spacial score (nSPS) is 12.1. The number of nitrogens with zero attached hydrogens (tertiary/aromatic N) is 1. The quantitative estimate of drug-likeness (QED) is 0.479. The van der Waals surface area contributed by atoms with Gasteiger partial charge in [0.25, 0.3) is 0 Å². The fraction of sp³-hybridized carbons (Fsp3) is 0.409. The summed E-state index contributed by atoms with van der Waals surface area (Å²) in [5.74, 6) is -0.860. The topological polar surface area (TPSA) is 87.7 Å². The van der Waals surface area contributed by atoms with Crippen LogP contribution in [0.25, 0.3) is 0 Å². The number of hydrogen-bond donors (Lipinski definition) is 2. The fourth-order valence-corrected chi connectivity index (χ4v) is 3.99. The van der Waals surface area contributed by atoms with E-state index in [1.165, 1.54) is 5.56 Å². The number of halogens is 3. The van der Waals surface area contributed by atoms with Gasteiger partial charge in [0.1, 0.15) is 5.75 Å². The predicted molar refractivity (Wildman–Crippen MR) is 118 cm³/mol. The zero-order chi connectivity index (χ0) is 24.5. The first-order valence-electron chi connectivity index (χ1n) is 10.4. The lowest BCUT2D eigenvalue weighted by Gasteiger charge is -2.18. The van der Waals surface area contributed by atoms with Gasteiger partial charge in [-0.3, -0.25) is 9.69 Å². The lowest BCUT2D eigenvalue weighted by molar-refractivity contribution is -0.274. The molecule has 11 heteroatoms. The van der Waals surface area contributed by atoms with Crippen LogP contribution < -0.4 is 14.8 Å². The van der Waals surface area contributed by atoms with Gasteiger partial charge in [-0.2, -0.15) is 0 Å². The van der Waals surface area contributed by atoms with E-state index in [2.05, 4.69) is 33.5 Å². The number of amides is 1. The van der Waals surface area contributed by atoms with Crippen molar-refractivity contribution in [1.29, 1.82) is 0 Å². The van der Waals surface area contributed by atoms with Crippen LogP contribution in [0.2, 0.25) is 0 Å². The van der Waals surface area contributed by atoms with E-state index in [1.807, 2.05) is 24.3 Å². The van der Waals surface area contributed by atoms with Gasteiger partial charge in [-0.25, -0.2) is 13.1 Å². The molecule has 182 valence electrons. The second kappa shape index (κ2) is 12.0. The van der Waals surface area contributed by atoms with Crippen LogP contribution in [0.5, 0.6) is 5.75 Å². The van der Waals surface area contributed by atoms with Gasteiger partial charge in [-0.1, -0.05) is 38.1 Å². The molecule has 0 fully saturated rings. The second-order valence-electron chi connectivity index (χ2n) is 7.22. The third-order valence-corrected chi connectivity index (χ3v) is 6.30. The van der Waals surface area contributed by atoms with Crippen LogP contribution in [-0.2, 0) is 27.9 Å². The Bertz CT molecular complexity index is 991. The SMILES string of the molecule is CCN(CC)Cc1ccc(CNC(=O)CCNS(=O)(=O)c2ccc(OC(F)(F)F)cc2)cc1. The van der Waals surface area contributed by atoms with Crippen molar-refractivity contribution in [1.82, 2.24) is 14.9 Å². The fourth-order valence-electron chi connectivity index (χ4n) is 2.96. The number of carbonyl (C=O) groups is 1. The maximum absolute atomic E-state index is 12.2. The molecule has 7 nitrogen and oxygen atoms in total. The third kappa shape index (κ3) is 9.40. The highest BCUT2D eigenvalue weighted by molar-refractivity contribution is 7.89. The van der Waals surface area contributed by atoms with Crippen molar-refractivity contribution < 1.29 is 31.1 Å². The van der Waals surface area contributed by atoms with E-state index < -0.39 is 22.1 Å². The Labute approximate surface area is 192 Å². The largest absolute Gasteiger partial charge is 0.573 e. The number of rotatable bonds is 12. The van der Waals surface area contributed by atoms with Gasteiger partial charge >= 0.3 is 6.36 Å². The standard InChI is InChI=1S/C22H28F3N3O4S/c1-3-28(4-2)16-18-7-5-17(6-8-18)15-26-21(29)13-14-27-33(30,31)20-11-9-19(10-12-20)32-22(23,24)25/h5-12,27H,3-4,13-16H2,1-2H3,(H,26,29). The number of hydrogen-bond acceptors (Lipinski definition) is 5. The minimum absolute atomic E-state index is 0.0887. The van der Waals surface area contributed by atoms with Crippen molar-refractivity contribution in [3.63, 3.8) is 0 Å². The molecule has 2 rings (SSSR count). The average Bonchev–Trinajstić information content (AvgIpc) is 2.76. The Morgan fingerprint density at radius 1 is 0.970 bits per heavy atom. The minimum atomic E-state index is -4.86. The molecule has 0 aliphatic carbocycles. The Morgan fingerprint density at radius 2 is 1.55 bits per heavy atom. The van der Waals surface area contributed by atoms with Crippen LogP contribution in [-0.4, -0.2) is 45.2 Å². The van der Waals surface area contributed by atoms with Crippen LogP contribution in [0.3, 0.4) is 0 Å². The van der Waals surface area contributed by atoms with Gasteiger partial charge < -0.3 is 10.1 Å². The summed E-state index contributed by atoms with van der Waals surface area (Å²) in [6, 6.07) is 11.7. The first kappa shape index (κ1) is 26.6. The Hall–Kier alpha value is -2.63. The van der Waals surface area contributed by atoms with E-state index in [-0.39, 0.29) is 23.8 Å². The molecule has 0 bridgehead atoms. The number of carbonyl (C=O) groups excluding carboxylic acids is 1. The molecule has 0 aromatic heterocycles. The smallest absolute Gasteiger partial charge is 0.406 e. The summed E-state index contributed by atoms with van der Waals surface area (Å²) < 4.78 is 67.0. The van der Waals surface area contributed by atoms with E-state index in [4.69, 9.17) is 0 Å². The summed E-state index contributed by atoms with van der Waals surface area (Å²) in [4.78, 5) is 14.1. The van der Waals surface area contributed by atoms with Gasteiger partial charge in [0, 0.05) is 26.1 Å². The van der Waals surface area contributed by atoms with Crippen molar-refractivity contribution in [2.45, 2.75) is 44.6 Å². The van der Waals surface area contributed by atoms with Crippen molar-refractivity contribution in [3.05, 3.63) is 59.7 Å². The van der Waals surface area contributed by atoms with E-state index in [1.54, 1.807) is 0 Å². The summed E-state index contributed by atoms with van der Waals surface area (Å²) in [6.45, 7) is 7.17. The molecule has 0 unspecified atom stereocenters. The van der Waals surface area contributed by atoms with Gasteiger partial charge in [0.2, 0.25) is 15.9 Å². The number of nitrogens with one attached hydrogen (secondary N) is 2. The van der Waals surface area contributed by atoms with Crippen LogP contribution in [0.4, 0.5) is 13.2 Å². The molecule has 2 aromatic rings. The highest BCUT2D eigenvalue weighted by Crippen LogP contribution is 2.23. The first-order chi connectivity index (χ1) is 15.5. The van der Waals surface area contributed by atoms with E-state index >= 15 is 0 Å². The predicted octanol–water partition coefficient (Wildman–Crippen LogP) is 3.41. The third-order valence-electron chi connectivity index (χ3n) is 4.83. The monoisotopic (exact) mass is 487 g/mol. The van der Waals surface area contributed by atoms with Crippen LogP contribution >= 0.6 is 0 Å². The Balaban J connectivity index is 1.77. The van der Waals surface area contributed by atoms with E-state index in [0.717, 1.165) is 49.5 Å². The molecule has 0 spiro atoms. The Kier molecular flexibility index (Phi) is 9.69. The van der Waals surface area contributed by atoms with Gasteiger partial charge in [-0.05, 0) is 48.5 Å². The molecular formula is C22H28F3N3O4S. The molecule has 0 aliphatic rings. The van der Waals surface area contributed by atoms with Gasteiger partial charge in [-0.15, -0.1) is 13.2 Å². The number of ether oxygens (including phenoxy) is 1. The maximum Gasteiger partial charge on any atom is 0.573 e. The molecule has 0 aliphatic heterocycles. The highest BCUT2D eigenvalue weighted by atomic mass is 32.2. The van der Waals surface area contributed by atoms with Gasteiger partial charge in [0.15, 0.2) is 0 Å². The zero-order valence-electron chi connectivity index (χ0n) is 18.5. The van der Waals surface area contributed by atoms with Crippen molar-refractivity contribution in [2.24, 2.45) is 0 Å². The molecule has 0 heterocycles. The molecule has 33 heavy (non-hydrogen) atoms. The van der Waals surface area contributed by atoms with E-state index in [9.17, 15) is 26.4 Å². The zero-order valence-corrected chi connectivity index (χ0v) is 19.3. The second-order valence-corrected chi connectivity index (χ2v) is 8.99. The molecule has 0 radical (unpaired) electrons. The van der Waals surface area contributed by atoms with Crippen LogP contribution in [0.1, 0.15) is 31.4 Å². The molecule has 0 atom stereocenters. The summed E-state index contributed by atoms with van der Waals surface area (Å²) >= 11 is 0. The van der Waals surface area contributed by atoms with Crippen molar-refractivity contribution in [2.75, 3.05) is 19.6 Å². The first-order valence-corrected chi connectivity index (χ1v) is 11.9. The lowest BCUT2D eigenvalue weighted by Crippen LogP contribution is -2.30. The number of sulfonamides is 1. The molecule has 2 N–H and O–H groups in total. The Morgan fingerprint density at radius 3 is 2.09 bits per heavy atom. The molecule has 2 aromatic carbocycles.